The molecule has 1 rings (SSSR count). The highest BCUT2D eigenvalue weighted by atomic mass is 19.4. The normalized spacial score (nSPS) is 13.6. The van der Waals surface area contributed by atoms with Gasteiger partial charge in [-0.1, -0.05) is 6.07 Å². The highest BCUT2D eigenvalue weighted by Gasteiger charge is 2.27. The minimum atomic E-state index is -4.47. The van der Waals surface area contributed by atoms with Crippen molar-refractivity contribution in [3.05, 3.63) is 35.1 Å². The zero-order valence-corrected chi connectivity index (χ0v) is 10.1. The number of nitrogens with one attached hydrogen (secondary N) is 1. The molecule has 20 heavy (non-hydrogen) atoms. The summed E-state index contributed by atoms with van der Waals surface area (Å²) in [6.07, 6.45) is -4.62. The van der Waals surface area contributed by atoms with E-state index in [1.54, 1.807) is 0 Å². The SMILES string of the molecule is NNC(CCOCC(F)(F)F)c1ccc(F)c(F)c1F. The van der Waals surface area contributed by atoms with Gasteiger partial charge in [-0.2, -0.15) is 13.2 Å². The van der Waals surface area contributed by atoms with Crippen LogP contribution in [0, 0.1) is 17.5 Å². The Kier molecular flexibility index (Phi) is 5.78. The summed E-state index contributed by atoms with van der Waals surface area (Å²) in [7, 11) is 0. The quantitative estimate of drug-likeness (QED) is 0.279. The van der Waals surface area contributed by atoms with Crippen LogP contribution in [-0.4, -0.2) is 19.4 Å². The lowest BCUT2D eigenvalue weighted by Gasteiger charge is -2.17. The number of hydrazine groups is 1. The standard InChI is InChI=1S/C11H12F6N2O/c12-7-2-1-6(9(13)10(7)14)8(19-18)3-4-20-5-11(15,16)17/h1-2,8,19H,3-5,18H2. The van der Waals surface area contributed by atoms with Crippen molar-refractivity contribution in [1.29, 1.82) is 0 Å². The van der Waals surface area contributed by atoms with Gasteiger partial charge >= 0.3 is 6.18 Å². The van der Waals surface area contributed by atoms with Crippen molar-refractivity contribution in [3.8, 4) is 0 Å². The number of ether oxygens (including phenoxy) is 1. The van der Waals surface area contributed by atoms with Gasteiger partial charge in [0.05, 0.1) is 6.04 Å². The molecule has 0 aliphatic rings. The number of rotatable bonds is 6. The molecule has 1 atom stereocenters. The summed E-state index contributed by atoms with van der Waals surface area (Å²) in [4.78, 5) is 0. The number of alkyl halides is 3. The van der Waals surface area contributed by atoms with E-state index in [4.69, 9.17) is 5.84 Å². The summed E-state index contributed by atoms with van der Waals surface area (Å²) in [6.45, 7) is -1.84. The average Bonchev–Trinajstić information content (AvgIpc) is 2.36. The van der Waals surface area contributed by atoms with Gasteiger partial charge in [0, 0.05) is 12.2 Å². The maximum atomic E-state index is 13.5. The van der Waals surface area contributed by atoms with E-state index in [1.165, 1.54) is 0 Å². The first-order valence-electron chi connectivity index (χ1n) is 5.50. The predicted molar refractivity (Wildman–Crippen MR) is 57.9 cm³/mol. The lowest BCUT2D eigenvalue weighted by Crippen LogP contribution is -2.30. The minimum Gasteiger partial charge on any atom is -0.372 e. The van der Waals surface area contributed by atoms with E-state index >= 15 is 0 Å². The Morgan fingerprint density at radius 1 is 1.15 bits per heavy atom. The number of benzene rings is 1. The summed E-state index contributed by atoms with van der Waals surface area (Å²) in [5, 5.41) is 0. The molecule has 0 spiro atoms. The third-order valence-corrected chi connectivity index (χ3v) is 2.46. The molecule has 3 N–H and O–H groups in total. The molecular weight excluding hydrogens is 290 g/mol. The van der Waals surface area contributed by atoms with Crippen molar-refractivity contribution in [2.24, 2.45) is 5.84 Å². The topological polar surface area (TPSA) is 47.3 Å². The second-order valence-corrected chi connectivity index (χ2v) is 3.94. The second kappa shape index (κ2) is 6.91. The second-order valence-electron chi connectivity index (χ2n) is 3.94. The maximum absolute atomic E-state index is 13.5. The minimum absolute atomic E-state index is 0.144. The largest absolute Gasteiger partial charge is 0.411 e. The van der Waals surface area contributed by atoms with Crippen LogP contribution in [0.5, 0.6) is 0 Å². The highest BCUT2D eigenvalue weighted by Crippen LogP contribution is 2.23. The first-order valence-corrected chi connectivity index (χ1v) is 5.50. The fraction of sp³-hybridized carbons (Fsp3) is 0.455. The van der Waals surface area contributed by atoms with Crippen molar-refractivity contribution in [3.63, 3.8) is 0 Å². The third kappa shape index (κ3) is 4.66. The molecule has 0 aliphatic heterocycles. The molecule has 0 bridgehead atoms. The molecule has 9 heteroatoms. The number of hydrogen-bond donors (Lipinski definition) is 2. The van der Waals surface area contributed by atoms with E-state index in [9.17, 15) is 26.3 Å². The van der Waals surface area contributed by atoms with Crippen LogP contribution >= 0.6 is 0 Å². The Morgan fingerprint density at radius 3 is 2.35 bits per heavy atom. The van der Waals surface area contributed by atoms with Crippen molar-refractivity contribution in [2.45, 2.75) is 18.6 Å². The Hall–Kier alpha value is -1.32. The molecule has 0 heterocycles. The first kappa shape index (κ1) is 16.7. The van der Waals surface area contributed by atoms with Crippen molar-refractivity contribution in [1.82, 2.24) is 5.43 Å². The molecule has 114 valence electrons. The number of halogens is 6. The molecule has 1 aromatic carbocycles. The average molecular weight is 302 g/mol. The van der Waals surface area contributed by atoms with Crippen LogP contribution in [0.15, 0.2) is 12.1 Å². The highest BCUT2D eigenvalue weighted by molar-refractivity contribution is 5.23. The van der Waals surface area contributed by atoms with Gasteiger partial charge in [-0.25, -0.2) is 13.2 Å². The molecule has 0 aromatic heterocycles. The Bertz CT molecular complexity index is 451. The van der Waals surface area contributed by atoms with Gasteiger partial charge in [-0.3, -0.25) is 11.3 Å². The molecule has 1 unspecified atom stereocenters. The molecule has 0 fully saturated rings. The van der Waals surface area contributed by atoms with Gasteiger partial charge in [0.2, 0.25) is 0 Å². The van der Waals surface area contributed by atoms with Gasteiger partial charge in [0.1, 0.15) is 6.61 Å². The number of nitrogens with two attached hydrogens (primary N) is 1. The van der Waals surface area contributed by atoms with Gasteiger partial charge in [0.25, 0.3) is 0 Å². The van der Waals surface area contributed by atoms with E-state index in [0.717, 1.165) is 6.07 Å². The van der Waals surface area contributed by atoms with Crippen LogP contribution in [-0.2, 0) is 4.74 Å². The van der Waals surface area contributed by atoms with E-state index in [2.05, 4.69) is 10.2 Å². The van der Waals surface area contributed by atoms with Crippen molar-refractivity contribution < 1.29 is 31.1 Å². The zero-order chi connectivity index (χ0) is 15.3. The van der Waals surface area contributed by atoms with E-state index in [-0.39, 0.29) is 18.6 Å². The third-order valence-electron chi connectivity index (χ3n) is 2.46. The van der Waals surface area contributed by atoms with Crippen LogP contribution in [0.4, 0.5) is 26.3 Å². The monoisotopic (exact) mass is 302 g/mol. The Balaban J connectivity index is 2.65. The summed E-state index contributed by atoms with van der Waals surface area (Å²) in [6, 6.07) is 0.662. The molecule has 3 nitrogen and oxygen atoms in total. The fourth-order valence-corrected chi connectivity index (χ4v) is 1.53. The van der Waals surface area contributed by atoms with Crippen molar-refractivity contribution >= 4 is 0 Å². The molecule has 0 aliphatic carbocycles. The Morgan fingerprint density at radius 2 is 1.80 bits per heavy atom. The lowest BCUT2D eigenvalue weighted by atomic mass is 10.0. The van der Waals surface area contributed by atoms with Gasteiger partial charge < -0.3 is 4.74 Å². The fourth-order valence-electron chi connectivity index (χ4n) is 1.53. The molecule has 0 amide bonds. The van der Waals surface area contributed by atoms with Crippen LogP contribution < -0.4 is 11.3 Å². The molecule has 0 radical (unpaired) electrons. The van der Waals surface area contributed by atoms with Crippen molar-refractivity contribution in [2.75, 3.05) is 13.2 Å². The first-order chi connectivity index (χ1) is 9.26. The summed E-state index contributed by atoms with van der Waals surface area (Å²) < 4.78 is 79.1. The van der Waals surface area contributed by atoms with Gasteiger partial charge in [-0.05, 0) is 12.5 Å². The molecule has 0 saturated carbocycles. The van der Waals surface area contributed by atoms with Crippen LogP contribution in [0.1, 0.15) is 18.0 Å². The van der Waals surface area contributed by atoms with Crippen LogP contribution in [0.3, 0.4) is 0 Å². The molecular formula is C11H12F6N2O. The molecule has 0 saturated heterocycles. The van der Waals surface area contributed by atoms with Crippen LogP contribution in [0.25, 0.3) is 0 Å². The van der Waals surface area contributed by atoms with Crippen LogP contribution in [0.2, 0.25) is 0 Å². The predicted octanol–water partition coefficient (Wildman–Crippen LogP) is 2.58. The van der Waals surface area contributed by atoms with Gasteiger partial charge in [0.15, 0.2) is 17.5 Å². The summed E-state index contributed by atoms with van der Waals surface area (Å²) in [5.41, 5.74) is 1.82. The van der Waals surface area contributed by atoms with E-state index in [0.29, 0.717) is 6.07 Å². The molecule has 1 aromatic rings. The van der Waals surface area contributed by atoms with E-state index in [1.807, 2.05) is 0 Å². The number of hydrogen-bond acceptors (Lipinski definition) is 3. The van der Waals surface area contributed by atoms with E-state index < -0.39 is 36.3 Å². The smallest absolute Gasteiger partial charge is 0.372 e. The lowest BCUT2D eigenvalue weighted by molar-refractivity contribution is -0.174. The summed E-state index contributed by atoms with van der Waals surface area (Å²) >= 11 is 0. The summed E-state index contributed by atoms with van der Waals surface area (Å²) in [5.74, 6) is 0.645. The maximum Gasteiger partial charge on any atom is 0.411 e. The van der Waals surface area contributed by atoms with Gasteiger partial charge in [-0.15, -0.1) is 0 Å². The Labute approximate surface area is 110 Å². The zero-order valence-electron chi connectivity index (χ0n) is 10.1.